The first-order valence-corrected chi connectivity index (χ1v) is 6.90. The molecule has 1 aromatic heterocycles. The minimum Gasteiger partial charge on any atom is -0.383 e. The van der Waals surface area contributed by atoms with Crippen molar-refractivity contribution in [2.75, 3.05) is 5.73 Å². The van der Waals surface area contributed by atoms with E-state index in [1.54, 1.807) is 18.2 Å². The number of pyridine rings is 1. The smallest absolute Gasteiger partial charge is 0.142 e. The van der Waals surface area contributed by atoms with Crippen LogP contribution in [0.3, 0.4) is 0 Å². The highest BCUT2D eigenvalue weighted by atomic mass is 35.5. The number of hydrogen-bond donors (Lipinski definition) is 1. The van der Waals surface area contributed by atoms with Gasteiger partial charge in [0.05, 0.1) is 0 Å². The number of aryl methyl sites for hydroxylation is 1. The SMILES string of the molecule is CCc1c(C)nc(N)c(C#N)c1-c1c(Cl)cccc1Cl. The lowest BCUT2D eigenvalue weighted by Gasteiger charge is -2.16. The van der Waals surface area contributed by atoms with Gasteiger partial charge in [-0.3, -0.25) is 0 Å². The van der Waals surface area contributed by atoms with Gasteiger partial charge in [-0.15, -0.1) is 0 Å². The van der Waals surface area contributed by atoms with Gasteiger partial charge in [-0.1, -0.05) is 36.2 Å². The quantitative estimate of drug-likeness (QED) is 0.895. The topological polar surface area (TPSA) is 62.7 Å². The molecule has 0 atom stereocenters. The standard InChI is InChI=1S/C15H13Cl2N3/c1-3-9-8(2)20-15(19)10(7-18)13(9)14-11(16)5-4-6-12(14)17/h4-6H,3H2,1-2H3,(H2,19,20). The van der Waals surface area contributed by atoms with E-state index in [0.717, 1.165) is 11.3 Å². The predicted octanol–water partition coefficient (Wildman–Crippen LogP) is 4.38. The van der Waals surface area contributed by atoms with Gasteiger partial charge in [-0.25, -0.2) is 4.98 Å². The van der Waals surface area contributed by atoms with Crippen LogP contribution in [-0.2, 0) is 6.42 Å². The number of aromatic nitrogens is 1. The fraction of sp³-hybridized carbons (Fsp3) is 0.200. The van der Waals surface area contributed by atoms with Gasteiger partial charge in [0, 0.05) is 26.9 Å². The summed E-state index contributed by atoms with van der Waals surface area (Å²) in [5.74, 6) is 0.202. The molecule has 2 aromatic rings. The van der Waals surface area contributed by atoms with Gasteiger partial charge in [0.2, 0.25) is 0 Å². The maximum absolute atomic E-state index is 9.40. The number of halogens is 2. The number of nitriles is 1. The molecule has 1 aromatic carbocycles. The zero-order chi connectivity index (χ0) is 14.9. The van der Waals surface area contributed by atoms with Crippen LogP contribution in [0.5, 0.6) is 0 Å². The van der Waals surface area contributed by atoms with Crippen molar-refractivity contribution >= 4 is 29.0 Å². The maximum Gasteiger partial charge on any atom is 0.142 e. The monoisotopic (exact) mass is 305 g/mol. The Morgan fingerprint density at radius 1 is 1.25 bits per heavy atom. The molecular formula is C15H13Cl2N3. The first-order chi connectivity index (χ1) is 9.51. The number of hydrogen-bond acceptors (Lipinski definition) is 3. The summed E-state index contributed by atoms with van der Waals surface area (Å²) >= 11 is 12.5. The van der Waals surface area contributed by atoms with E-state index in [9.17, 15) is 5.26 Å². The van der Waals surface area contributed by atoms with Crippen LogP contribution in [0.2, 0.25) is 10.0 Å². The molecule has 0 saturated carbocycles. The average molecular weight is 306 g/mol. The zero-order valence-electron chi connectivity index (χ0n) is 11.2. The summed E-state index contributed by atoms with van der Waals surface area (Å²) < 4.78 is 0. The van der Waals surface area contributed by atoms with Crippen LogP contribution >= 0.6 is 23.2 Å². The minimum absolute atomic E-state index is 0.202. The molecule has 0 bridgehead atoms. The van der Waals surface area contributed by atoms with Gasteiger partial charge in [0.15, 0.2) is 0 Å². The van der Waals surface area contributed by atoms with E-state index in [2.05, 4.69) is 11.1 Å². The third kappa shape index (κ3) is 2.33. The van der Waals surface area contributed by atoms with Crippen molar-refractivity contribution in [3.05, 3.63) is 45.1 Å². The Morgan fingerprint density at radius 3 is 2.35 bits per heavy atom. The maximum atomic E-state index is 9.40. The molecule has 20 heavy (non-hydrogen) atoms. The van der Waals surface area contributed by atoms with Crippen molar-refractivity contribution < 1.29 is 0 Å². The summed E-state index contributed by atoms with van der Waals surface area (Å²) in [6, 6.07) is 7.37. The van der Waals surface area contributed by atoms with E-state index in [1.807, 2.05) is 13.8 Å². The van der Waals surface area contributed by atoms with E-state index >= 15 is 0 Å². The Morgan fingerprint density at radius 2 is 1.85 bits per heavy atom. The largest absolute Gasteiger partial charge is 0.383 e. The van der Waals surface area contributed by atoms with Crippen molar-refractivity contribution in [2.45, 2.75) is 20.3 Å². The molecule has 0 aliphatic carbocycles. The normalized spacial score (nSPS) is 10.3. The summed E-state index contributed by atoms with van der Waals surface area (Å²) in [5, 5.41) is 10.4. The van der Waals surface area contributed by atoms with Crippen molar-refractivity contribution in [3.8, 4) is 17.2 Å². The summed E-state index contributed by atoms with van der Waals surface area (Å²) in [7, 11) is 0. The Hall–Kier alpha value is -1.76. The third-order valence-corrected chi connectivity index (χ3v) is 3.84. The summed E-state index contributed by atoms with van der Waals surface area (Å²) in [6.07, 6.45) is 0.713. The van der Waals surface area contributed by atoms with E-state index in [0.29, 0.717) is 33.2 Å². The molecule has 0 fully saturated rings. The number of benzene rings is 1. The van der Waals surface area contributed by atoms with Crippen molar-refractivity contribution in [2.24, 2.45) is 0 Å². The highest BCUT2D eigenvalue weighted by Gasteiger charge is 2.20. The molecule has 5 heteroatoms. The number of nitrogens with zero attached hydrogens (tertiary/aromatic N) is 2. The predicted molar refractivity (Wildman–Crippen MR) is 82.9 cm³/mol. The average Bonchev–Trinajstić information content (AvgIpc) is 2.38. The molecule has 0 spiro atoms. The third-order valence-electron chi connectivity index (χ3n) is 3.21. The summed E-state index contributed by atoms with van der Waals surface area (Å²) in [5.41, 5.74) is 9.25. The highest BCUT2D eigenvalue weighted by molar-refractivity contribution is 6.39. The lowest BCUT2D eigenvalue weighted by atomic mass is 9.93. The Bertz CT molecular complexity index is 698. The molecule has 0 radical (unpaired) electrons. The van der Waals surface area contributed by atoms with Crippen LogP contribution in [-0.4, -0.2) is 4.98 Å². The molecular weight excluding hydrogens is 293 g/mol. The summed E-state index contributed by atoms with van der Waals surface area (Å²) in [6.45, 7) is 3.86. The van der Waals surface area contributed by atoms with E-state index < -0.39 is 0 Å². The highest BCUT2D eigenvalue weighted by Crippen LogP contribution is 2.40. The first-order valence-electron chi connectivity index (χ1n) is 6.14. The molecule has 0 aliphatic rings. The number of rotatable bonds is 2. The van der Waals surface area contributed by atoms with Crippen molar-refractivity contribution in [1.29, 1.82) is 5.26 Å². The first kappa shape index (κ1) is 14.6. The van der Waals surface area contributed by atoms with Gasteiger partial charge in [0.25, 0.3) is 0 Å². The lowest BCUT2D eigenvalue weighted by Crippen LogP contribution is -2.05. The molecule has 2 N–H and O–H groups in total. The molecule has 3 nitrogen and oxygen atoms in total. The van der Waals surface area contributed by atoms with Gasteiger partial charge < -0.3 is 5.73 Å². The van der Waals surface area contributed by atoms with E-state index in [1.165, 1.54) is 0 Å². The van der Waals surface area contributed by atoms with Gasteiger partial charge in [0.1, 0.15) is 17.5 Å². The molecule has 2 rings (SSSR count). The lowest BCUT2D eigenvalue weighted by molar-refractivity contribution is 1.05. The fourth-order valence-corrected chi connectivity index (χ4v) is 2.91. The molecule has 1 heterocycles. The molecule has 0 aliphatic heterocycles. The van der Waals surface area contributed by atoms with Gasteiger partial charge in [-0.05, 0) is 31.0 Å². The number of nitrogen functional groups attached to an aromatic ring is 1. The Labute approximate surface area is 128 Å². The summed E-state index contributed by atoms with van der Waals surface area (Å²) in [4.78, 5) is 4.23. The zero-order valence-corrected chi connectivity index (χ0v) is 12.7. The van der Waals surface area contributed by atoms with Crippen LogP contribution in [0.15, 0.2) is 18.2 Å². The second-order valence-electron chi connectivity index (χ2n) is 4.37. The van der Waals surface area contributed by atoms with Crippen LogP contribution in [0, 0.1) is 18.3 Å². The second kappa shape index (κ2) is 5.70. The second-order valence-corrected chi connectivity index (χ2v) is 5.19. The molecule has 0 amide bonds. The van der Waals surface area contributed by atoms with Crippen LogP contribution in [0.1, 0.15) is 23.7 Å². The van der Waals surface area contributed by atoms with E-state index in [-0.39, 0.29) is 5.82 Å². The Balaban J connectivity index is 2.96. The molecule has 0 saturated heterocycles. The van der Waals surface area contributed by atoms with Crippen LogP contribution in [0.25, 0.3) is 11.1 Å². The molecule has 0 unspecified atom stereocenters. The van der Waals surface area contributed by atoms with Gasteiger partial charge in [-0.2, -0.15) is 5.26 Å². The molecule has 102 valence electrons. The van der Waals surface area contributed by atoms with Crippen molar-refractivity contribution in [1.82, 2.24) is 4.98 Å². The van der Waals surface area contributed by atoms with Crippen LogP contribution < -0.4 is 5.73 Å². The number of nitrogens with two attached hydrogens (primary N) is 1. The van der Waals surface area contributed by atoms with Crippen molar-refractivity contribution in [3.63, 3.8) is 0 Å². The van der Waals surface area contributed by atoms with Crippen LogP contribution in [0.4, 0.5) is 5.82 Å². The Kier molecular flexibility index (Phi) is 4.17. The van der Waals surface area contributed by atoms with E-state index in [4.69, 9.17) is 28.9 Å². The number of anilines is 1. The van der Waals surface area contributed by atoms with Gasteiger partial charge >= 0.3 is 0 Å². The fourth-order valence-electron chi connectivity index (χ4n) is 2.32. The minimum atomic E-state index is 0.202.